The van der Waals surface area contributed by atoms with Crippen LogP contribution >= 0.6 is 0 Å². The predicted molar refractivity (Wildman–Crippen MR) is 117 cm³/mol. The first-order valence-corrected chi connectivity index (χ1v) is 10.4. The fraction of sp³-hybridized carbons (Fsp3) is 0.632. The fourth-order valence-corrected chi connectivity index (χ4v) is 2.63. The summed E-state index contributed by atoms with van der Waals surface area (Å²) in [6, 6.07) is -5.48. The van der Waals surface area contributed by atoms with Gasteiger partial charge in [-0.05, 0) is 18.8 Å². The maximum absolute atomic E-state index is 12.8. The van der Waals surface area contributed by atoms with E-state index in [2.05, 4.69) is 16.0 Å². The second-order valence-corrected chi connectivity index (χ2v) is 7.97. The summed E-state index contributed by atoms with van der Waals surface area (Å²) in [6.45, 7) is 3.32. The van der Waals surface area contributed by atoms with Crippen LogP contribution in [0.5, 0.6) is 0 Å². The summed E-state index contributed by atoms with van der Waals surface area (Å²) < 4.78 is 0. The lowest BCUT2D eigenvalue weighted by atomic mass is 10.0. The van der Waals surface area contributed by atoms with Crippen LogP contribution in [0, 0.1) is 5.92 Å². The molecule has 0 aromatic rings. The summed E-state index contributed by atoms with van der Waals surface area (Å²) in [6.07, 6.45) is -1.96. The minimum Gasteiger partial charge on any atom is -0.480 e. The number of hydrogen-bond acceptors (Lipinski definition) is 8. The summed E-state index contributed by atoms with van der Waals surface area (Å²) in [5.74, 6) is -7.03. The Kier molecular flexibility index (Phi) is 12.8. The van der Waals surface area contributed by atoms with Crippen molar-refractivity contribution in [2.24, 2.45) is 28.9 Å². The van der Waals surface area contributed by atoms with Gasteiger partial charge in [0.1, 0.15) is 18.1 Å². The van der Waals surface area contributed by atoms with Gasteiger partial charge < -0.3 is 44.0 Å². The maximum atomic E-state index is 12.8. The van der Waals surface area contributed by atoms with Crippen molar-refractivity contribution in [2.75, 3.05) is 0 Å². The molecule has 4 atom stereocenters. The molecule has 0 radical (unpaired) electrons. The van der Waals surface area contributed by atoms with E-state index < -0.39 is 72.0 Å². The molecule has 0 aromatic heterocycles. The summed E-state index contributed by atoms with van der Waals surface area (Å²) in [4.78, 5) is 82.6. The highest BCUT2D eigenvalue weighted by atomic mass is 16.4. The molecule has 0 aromatic carbocycles. The van der Waals surface area contributed by atoms with Crippen molar-refractivity contribution in [1.82, 2.24) is 16.0 Å². The number of carboxylic acid groups (broad SMARTS) is 1. The van der Waals surface area contributed by atoms with Gasteiger partial charge in [-0.15, -0.1) is 0 Å². The van der Waals surface area contributed by atoms with E-state index in [0.717, 1.165) is 0 Å². The number of rotatable bonds is 16. The van der Waals surface area contributed by atoms with E-state index in [1.165, 1.54) is 0 Å². The lowest BCUT2D eigenvalue weighted by molar-refractivity contribution is -0.143. The van der Waals surface area contributed by atoms with Crippen LogP contribution in [0.1, 0.15) is 46.0 Å². The van der Waals surface area contributed by atoms with Crippen molar-refractivity contribution in [3.05, 3.63) is 0 Å². The molecule has 15 nitrogen and oxygen atoms in total. The van der Waals surface area contributed by atoms with Crippen LogP contribution in [-0.2, 0) is 33.6 Å². The molecule has 4 unspecified atom stereocenters. The van der Waals surface area contributed by atoms with Gasteiger partial charge in [0.15, 0.2) is 0 Å². The number of nitrogens with two attached hydrogens (primary N) is 4. The van der Waals surface area contributed by atoms with E-state index in [-0.39, 0.29) is 31.6 Å². The highest BCUT2D eigenvalue weighted by molar-refractivity contribution is 5.96. The molecule has 0 aliphatic carbocycles. The maximum Gasteiger partial charge on any atom is 0.326 e. The molecule has 12 N–H and O–H groups in total. The zero-order valence-electron chi connectivity index (χ0n) is 19.0. The molecule has 0 fully saturated rings. The summed E-state index contributed by atoms with van der Waals surface area (Å²) in [5, 5.41) is 15.9. The Morgan fingerprint density at radius 1 is 0.676 bits per heavy atom. The molecule has 0 aliphatic heterocycles. The Morgan fingerprint density at radius 3 is 1.50 bits per heavy atom. The van der Waals surface area contributed by atoms with Gasteiger partial charge in [0.05, 0.1) is 12.5 Å². The Bertz CT molecular complexity index is 802. The molecule has 0 spiro atoms. The van der Waals surface area contributed by atoms with Crippen LogP contribution in [0.2, 0.25) is 0 Å². The van der Waals surface area contributed by atoms with Crippen LogP contribution in [0.3, 0.4) is 0 Å². The average Bonchev–Trinajstić information content (AvgIpc) is 2.71. The summed E-state index contributed by atoms with van der Waals surface area (Å²) in [7, 11) is 0. The second-order valence-electron chi connectivity index (χ2n) is 7.97. The van der Waals surface area contributed by atoms with Crippen molar-refractivity contribution < 1.29 is 38.7 Å². The van der Waals surface area contributed by atoms with Crippen LogP contribution in [-0.4, -0.2) is 70.7 Å². The number of carbonyl (C=O) groups is 7. The Labute approximate surface area is 195 Å². The van der Waals surface area contributed by atoms with Crippen molar-refractivity contribution >= 4 is 41.4 Å². The normalized spacial score (nSPS) is 14.2. The first kappa shape index (κ1) is 30.2. The largest absolute Gasteiger partial charge is 0.480 e. The van der Waals surface area contributed by atoms with E-state index in [9.17, 15) is 38.7 Å². The van der Waals surface area contributed by atoms with Crippen molar-refractivity contribution in [3.63, 3.8) is 0 Å². The molecule has 34 heavy (non-hydrogen) atoms. The third-order valence-corrected chi connectivity index (χ3v) is 4.67. The zero-order valence-corrected chi connectivity index (χ0v) is 19.0. The van der Waals surface area contributed by atoms with Gasteiger partial charge in [0.2, 0.25) is 35.4 Å². The van der Waals surface area contributed by atoms with E-state index in [4.69, 9.17) is 22.9 Å². The predicted octanol–water partition coefficient (Wildman–Crippen LogP) is -4.08. The van der Waals surface area contributed by atoms with E-state index in [1.54, 1.807) is 13.8 Å². The van der Waals surface area contributed by atoms with Crippen molar-refractivity contribution in [1.29, 1.82) is 0 Å². The zero-order chi connectivity index (χ0) is 26.6. The quantitative estimate of drug-likeness (QED) is 0.105. The molecule has 0 aliphatic rings. The van der Waals surface area contributed by atoms with Crippen molar-refractivity contribution in [3.8, 4) is 0 Å². The van der Waals surface area contributed by atoms with Crippen LogP contribution < -0.4 is 38.9 Å². The Morgan fingerprint density at radius 2 is 1.09 bits per heavy atom. The van der Waals surface area contributed by atoms with Gasteiger partial charge in [0.25, 0.3) is 0 Å². The molecule has 0 saturated heterocycles. The fourth-order valence-electron chi connectivity index (χ4n) is 2.63. The second kappa shape index (κ2) is 14.4. The van der Waals surface area contributed by atoms with Gasteiger partial charge in [-0.25, -0.2) is 4.79 Å². The topological polar surface area (TPSA) is 280 Å². The highest BCUT2D eigenvalue weighted by Crippen LogP contribution is 2.05. The Hall–Kier alpha value is -3.75. The highest BCUT2D eigenvalue weighted by Gasteiger charge is 2.31. The van der Waals surface area contributed by atoms with Crippen LogP contribution in [0.15, 0.2) is 0 Å². The number of nitrogens with one attached hydrogen (secondary N) is 3. The third kappa shape index (κ3) is 11.8. The molecule has 192 valence electrons. The SMILES string of the molecule is CC(C)C(N)C(=O)NC(CC(N)=O)C(=O)NC(CCC(N)=O)C(=O)NC(CCC(N)=O)C(=O)O. The molecule has 0 rings (SSSR count). The molecule has 15 heteroatoms. The number of aliphatic carboxylic acids is 1. The van der Waals surface area contributed by atoms with E-state index in [1.807, 2.05) is 0 Å². The van der Waals surface area contributed by atoms with Gasteiger partial charge in [0, 0.05) is 12.8 Å². The molecule has 0 bridgehead atoms. The van der Waals surface area contributed by atoms with Gasteiger partial charge in [-0.3, -0.25) is 28.8 Å². The van der Waals surface area contributed by atoms with Crippen LogP contribution in [0.4, 0.5) is 0 Å². The van der Waals surface area contributed by atoms with E-state index in [0.29, 0.717) is 0 Å². The van der Waals surface area contributed by atoms with Crippen LogP contribution in [0.25, 0.3) is 0 Å². The summed E-state index contributed by atoms with van der Waals surface area (Å²) in [5.41, 5.74) is 21.0. The number of primary amides is 3. The Balaban J connectivity index is 5.61. The van der Waals surface area contributed by atoms with E-state index >= 15 is 0 Å². The third-order valence-electron chi connectivity index (χ3n) is 4.67. The summed E-state index contributed by atoms with van der Waals surface area (Å²) >= 11 is 0. The monoisotopic (exact) mass is 487 g/mol. The van der Waals surface area contributed by atoms with Crippen molar-refractivity contribution in [2.45, 2.75) is 70.1 Å². The van der Waals surface area contributed by atoms with Gasteiger partial charge in [-0.2, -0.15) is 0 Å². The smallest absolute Gasteiger partial charge is 0.326 e. The van der Waals surface area contributed by atoms with Gasteiger partial charge >= 0.3 is 5.97 Å². The standard InChI is InChI=1S/C19H33N7O8/c1-8(2)15(23)18(32)26-11(7-14(22)29)17(31)24-9(3-5-12(20)27)16(30)25-10(19(33)34)4-6-13(21)28/h8-11,15H,3-7,23H2,1-2H3,(H2,20,27)(H2,21,28)(H2,22,29)(H,24,31)(H,25,30)(H,26,32)(H,33,34). The number of carboxylic acids is 1. The minimum atomic E-state index is -1.52. The first-order chi connectivity index (χ1) is 15.6. The first-order valence-electron chi connectivity index (χ1n) is 10.4. The molecular formula is C19H33N7O8. The molecule has 0 heterocycles. The average molecular weight is 488 g/mol. The van der Waals surface area contributed by atoms with Gasteiger partial charge in [-0.1, -0.05) is 13.8 Å². The number of hydrogen-bond donors (Lipinski definition) is 8. The molecular weight excluding hydrogens is 454 g/mol. The number of carbonyl (C=O) groups excluding carboxylic acids is 6. The lowest BCUT2D eigenvalue weighted by Crippen LogP contribution is -2.58. The molecule has 6 amide bonds. The molecule has 0 saturated carbocycles. The minimum absolute atomic E-state index is 0.292. The number of amides is 6. The lowest BCUT2D eigenvalue weighted by Gasteiger charge is -2.25.